The van der Waals surface area contributed by atoms with Crippen LogP contribution in [0.2, 0.25) is 0 Å². The van der Waals surface area contributed by atoms with E-state index in [1.807, 2.05) is 6.92 Å². The molecule has 2 N–H and O–H groups in total. The first-order valence-electron chi connectivity index (χ1n) is 4.87. The summed E-state index contributed by atoms with van der Waals surface area (Å²) < 4.78 is 0.804. The summed E-state index contributed by atoms with van der Waals surface area (Å²) in [6, 6.07) is 0. The molecule has 1 saturated heterocycles. The molecule has 0 radical (unpaired) electrons. The summed E-state index contributed by atoms with van der Waals surface area (Å²) in [6.07, 6.45) is 2.03. The molecule has 0 aliphatic carbocycles. The molecular weight excluding hydrogens is 279 g/mol. The number of hydrogen-bond acceptors (Lipinski definition) is 2. The fourth-order valence-electron chi connectivity index (χ4n) is 1.64. The lowest BCUT2D eigenvalue weighted by Crippen LogP contribution is -2.48. The molecule has 1 fully saturated rings. The van der Waals surface area contributed by atoms with E-state index in [4.69, 9.17) is 0 Å². The Morgan fingerprint density at radius 3 is 2.80 bits per heavy atom. The van der Waals surface area contributed by atoms with Gasteiger partial charge in [-0.05, 0) is 26.3 Å². The second-order valence-electron chi connectivity index (χ2n) is 4.04. The standard InChI is InChI=1S/C10H17BrN2O.ClH/c1-8(11)6-13-9(14)10(2)4-3-5-12-7-10;/h12H,1,3-7H2,2H3,(H,13,14);1H. The zero-order valence-electron chi connectivity index (χ0n) is 8.94. The first-order valence-corrected chi connectivity index (χ1v) is 5.66. The van der Waals surface area contributed by atoms with Gasteiger partial charge in [-0.25, -0.2) is 0 Å². The number of hydrogen-bond donors (Lipinski definition) is 2. The van der Waals surface area contributed by atoms with Crippen molar-refractivity contribution in [2.24, 2.45) is 5.41 Å². The summed E-state index contributed by atoms with van der Waals surface area (Å²) in [7, 11) is 0. The first kappa shape index (κ1) is 14.9. The van der Waals surface area contributed by atoms with Crippen molar-refractivity contribution in [3.05, 3.63) is 11.1 Å². The maximum Gasteiger partial charge on any atom is 0.227 e. The van der Waals surface area contributed by atoms with Crippen molar-refractivity contribution in [3.63, 3.8) is 0 Å². The van der Waals surface area contributed by atoms with Gasteiger partial charge in [0.2, 0.25) is 5.91 Å². The van der Waals surface area contributed by atoms with Crippen molar-refractivity contribution < 1.29 is 4.79 Å². The van der Waals surface area contributed by atoms with Crippen LogP contribution in [0, 0.1) is 5.41 Å². The highest BCUT2D eigenvalue weighted by Crippen LogP contribution is 2.25. The number of carbonyl (C=O) groups is 1. The number of halogens is 2. The molecular formula is C10H18BrClN2O. The van der Waals surface area contributed by atoms with E-state index < -0.39 is 0 Å². The van der Waals surface area contributed by atoms with Crippen LogP contribution < -0.4 is 10.6 Å². The molecule has 88 valence electrons. The van der Waals surface area contributed by atoms with Crippen LogP contribution >= 0.6 is 28.3 Å². The van der Waals surface area contributed by atoms with Gasteiger partial charge >= 0.3 is 0 Å². The Labute approximate surface area is 106 Å². The maximum absolute atomic E-state index is 11.8. The maximum atomic E-state index is 11.8. The molecule has 1 unspecified atom stereocenters. The molecule has 3 nitrogen and oxygen atoms in total. The molecule has 0 bridgehead atoms. The Hall–Kier alpha value is -0.0600. The second kappa shape index (κ2) is 6.51. The van der Waals surface area contributed by atoms with E-state index in [1.165, 1.54) is 0 Å². The fraction of sp³-hybridized carbons (Fsp3) is 0.700. The minimum absolute atomic E-state index is 0. The minimum Gasteiger partial charge on any atom is -0.351 e. The third-order valence-electron chi connectivity index (χ3n) is 2.59. The van der Waals surface area contributed by atoms with Crippen molar-refractivity contribution >= 4 is 34.2 Å². The Balaban J connectivity index is 0.00000196. The normalized spacial score (nSPS) is 25.2. The largest absolute Gasteiger partial charge is 0.351 e. The van der Waals surface area contributed by atoms with E-state index in [2.05, 4.69) is 33.1 Å². The molecule has 0 aromatic carbocycles. The third-order valence-corrected chi connectivity index (χ3v) is 2.87. The minimum atomic E-state index is -0.249. The van der Waals surface area contributed by atoms with Crippen molar-refractivity contribution in [3.8, 4) is 0 Å². The van der Waals surface area contributed by atoms with Crippen LogP contribution in [0.15, 0.2) is 11.1 Å². The van der Waals surface area contributed by atoms with E-state index in [-0.39, 0.29) is 23.7 Å². The predicted molar refractivity (Wildman–Crippen MR) is 68.5 cm³/mol. The Morgan fingerprint density at radius 1 is 1.67 bits per heavy atom. The van der Waals surface area contributed by atoms with Gasteiger partial charge in [-0.15, -0.1) is 12.4 Å². The first-order chi connectivity index (χ1) is 6.54. The Morgan fingerprint density at radius 2 is 2.33 bits per heavy atom. The van der Waals surface area contributed by atoms with Crippen LogP contribution in [-0.4, -0.2) is 25.5 Å². The monoisotopic (exact) mass is 296 g/mol. The highest BCUT2D eigenvalue weighted by Gasteiger charge is 2.34. The number of rotatable bonds is 3. The predicted octanol–water partition coefficient (Wildman–Crippen LogP) is 1.82. The highest BCUT2D eigenvalue weighted by atomic mass is 79.9. The lowest BCUT2D eigenvalue weighted by atomic mass is 9.82. The van der Waals surface area contributed by atoms with Crippen LogP contribution in [0.5, 0.6) is 0 Å². The smallest absolute Gasteiger partial charge is 0.227 e. The van der Waals surface area contributed by atoms with Gasteiger partial charge in [-0.3, -0.25) is 4.79 Å². The van der Waals surface area contributed by atoms with Crippen LogP contribution in [0.25, 0.3) is 0 Å². The molecule has 0 spiro atoms. The van der Waals surface area contributed by atoms with E-state index in [0.29, 0.717) is 6.54 Å². The number of carbonyl (C=O) groups excluding carboxylic acids is 1. The SMILES string of the molecule is C=C(Br)CNC(=O)C1(C)CCCNC1.Cl. The van der Waals surface area contributed by atoms with Gasteiger partial charge in [0.15, 0.2) is 0 Å². The van der Waals surface area contributed by atoms with Gasteiger partial charge in [0.05, 0.1) is 5.41 Å². The van der Waals surface area contributed by atoms with Gasteiger partial charge in [0, 0.05) is 17.6 Å². The van der Waals surface area contributed by atoms with E-state index in [0.717, 1.165) is 30.4 Å². The summed E-state index contributed by atoms with van der Waals surface area (Å²) in [5, 5.41) is 6.12. The van der Waals surface area contributed by atoms with Gasteiger partial charge in [0.25, 0.3) is 0 Å². The lowest BCUT2D eigenvalue weighted by Gasteiger charge is -2.32. The average molecular weight is 298 g/mol. The van der Waals surface area contributed by atoms with Crippen molar-refractivity contribution in [2.45, 2.75) is 19.8 Å². The molecule has 1 atom stereocenters. The van der Waals surface area contributed by atoms with Gasteiger partial charge in [0.1, 0.15) is 0 Å². The van der Waals surface area contributed by atoms with Crippen LogP contribution in [0.3, 0.4) is 0 Å². The zero-order valence-corrected chi connectivity index (χ0v) is 11.3. The summed E-state index contributed by atoms with van der Waals surface area (Å²) in [6.45, 7) is 7.99. The molecule has 5 heteroatoms. The Kier molecular flexibility index (Phi) is 6.48. The van der Waals surface area contributed by atoms with Crippen LogP contribution in [-0.2, 0) is 4.79 Å². The number of piperidine rings is 1. The topological polar surface area (TPSA) is 41.1 Å². The highest BCUT2D eigenvalue weighted by molar-refractivity contribution is 9.11. The molecule has 1 aliphatic rings. The summed E-state index contributed by atoms with van der Waals surface area (Å²) in [5.41, 5.74) is -0.249. The molecule has 1 aliphatic heterocycles. The molecule has 0 aromatic rings. The Bertz CT molecular complexity index is 240. The van der Waals surface area contributed by atoms with Gasteiger partial charge in [-0.1, -0.05) is 22.5 Å². The van der Waals surface area contributed by atoms with Crippen LogP contribution in [0.4, 0.5) is 0 Å². The van der Waals surface area contributed by atoms with Crippen molar-refractivity contribution in [2.75, 3.05) is 19.6 Å². The van der Waals surface area contributed by atoms with E-state index in [9.17, 15) is 4.79 Å². The molecule has 1 rings (SSSR count). The van der Waals surface area contributed by atoms with E-state index in [1.54, 1.807) is 0 Å². The quantitative estimate of drug-likeness (QED) is 0.834. The van der Waals surface area contributed by atoms with E-state index >= 15 is 0 Å². The van der Waals surface area contributed by atoms with Crippen molar-refractivity contribution in [1.29, 1.82) is 0 Å². The summed E-state index contributed by atoms with van der Waals surface area (Å²) in [4.78, 5) is 11.8. The number of amides is 1. The van der Waals surface area contributed by atoms with Gasteiger partial charge < -0.3 is 10.6 Å². The average Bonchev–Trinajstić information content (AvgIpc) is 2.15. The third kappa shape index (κ3) is 4.53. The molecule has 1 amide bonds. The molecule has 0 saturated carbocycles. The molecule has 0 aromatic heterocycles. The van der Waals surface area contributed by atoms with Gasteiger partial charge in [-0.2, -0.15) is 0 Å². The summed E-state index contributed by atoms with van der Waals surface area (Å²) in [5.74, 6) is 0.116. The summed E-state index contributed by atoms with van der Waals surface area (Å²) >= 11 is 3.22. The van der Waals surface area contributed by atoms with Crippen molar-refractivity contribution in [1.82, 2.24) is 10.6 Å². The molecule has 1 heterocycles. The fourth-order valence-corrected chi connectivity index (χ4v) is 1.78. The number of nitrogens with one attached hydrogen (secondary N) is 2. The lowest BCUT2D eigenvalue weighted by molar-refractivity contribution is -0.130. The zero-order chi connectivity index (χ0) is 10.6. The molecule has 15 heavy (non-hydrogen) atoms. The second-order valence-corrected chi connectivity index (χ2v) is 5.16. The van der Waals surface area contributed by atoms with Crippen LogP contribution in [0.1, 0.15) is 19.8 Å².